The van der Waals surface area contributed by atoms with Crippen molar-refractivity contribution < 1.29 is 4.79 Å². The van der Waals surface area contributed by atoms with Gasteiger partial charge in [0.15, 0.2) is 0 Å². The van der Waals surface area contributed by atoms with Crippen LogP contribution in [0.15, 0.2) is 30.3 Å². The topological polar surface area (TPSA) is 49.6 Å². The predicted molar refractivity (Wildman–Crippen MR) is 63.9 cm³/mol. The molecule has 1 heterocycles. The first kappa shape index (κ1) is 11.0. The maximum Gasteiger partial charge on any atom is 0.334 e. The second-order valence-corrected chi connectivity index (χ2v) is 4.00. The Morgan fingerprint density at radius 2 is 1.75 bits per heavy atom. The van der Waals surface area contributed by atoms with E-state index in [2.05, 4.69) is 0 Å². The zero-order valence-electron chi connectivity index (χ0n) is 9.30. The van der Waals surface area contributed by atoms with E-state index >= 15 is 0 Å². The van der Waals surface area contributed by atoms with Crippen molar-refractivity contribution in [3.05, 3.63) is 30.3 Å². The summed E-state index contributed by atoms with van der Waals surface area (Å²) in [6.07, 6.45) is 3.48. The number of benzene rings is 1. The first-order chi connectivity index (χ1) is 7.79. The molecule has 0 radical (unpaired) electrons. The van der Waals surface area contributed by atoms with Crippen LogP contribution >= 0.6 is 0 Å². The van der Waals surface area contributed by atoms with Crippen LogP contribution < -0.4 is 10.7 Å². The number of para-hydroxylation sites is 1. The van der Waals surface area contributed by atoms with Crippen LogP contribution in [0.2, 0.25) is 0 Å². The van der Waals surface area contributed by atoms with Gasteiger partial charge in [-0.15, -0.1) is 0 Å². The minimum Gasteiger partial charge on any atom is -0.350 e. The molecular weight excluding hydrogens is 202 g/mol. The summed E-state index contributed by atoms with van der Waals surface area (Å²) < 4.78 is 0. The molecule has 4 heteroatoms. The third kappa shape index (κ3) is 2.33. The van der Waals surface area contributed by atoms with Crippen LogP contribution in [-0.4, -0.2) is 24.1 Å². The summed E-state index contributed by atoms with van der Waals surface area (Å²) in [5.74, 6) is 0. The average molecular weight is 219 g/mol. The van der Waals surface area contributed by atoms with E-state index < -0.39 is 6.03 Å². The Labute approximate surface area is 95.6 Å². The average Bonchev–Trinajstić information content (AvgIpc) is 2.31. The Kier molecular flexibility index (Phi) is 3.41. The molecule has 86 valence electrons. The minimum atomic E-state index is -0.409. The molecule has 2 rings (SSSR count). The molecule has 0 bridgehead atoms. The number of piperidine rings is 1. The summed E-state index contributed by atoms with van der Waals surface area (Å²) in [5, 5.41) is 3.61. The molecule has 4 nitrogen and oxygen atoms in total. The van der Waals surface area contributed by atoms with E-state index in [1.807, 2.05) is 35.3 Å². The molecule has 1 aromatic rings. The Balaban J connectivity index is 2.20. The van der Waals surface area contributed by atoms with Gasteiger partial charge in [0, 0.05) is 13.1 Å². The normalized spacial score (nSPS) is 17.0. The Bertz CT molecular complexity index is 347. The highest BCUT2D eigenvalue weighted by atomic mass is 16.2. The second-order valence-electron chi connectivity index (χ2n) is 4.00. The van der Waals surface area contributed by atoms with Crippen LogP contribution in [0.25, 0.3) is 0 Å². The molecule has 1 aliphatic heterocycles. The van der Waals surface area contributed by atoms with Crippen LogP contribution in [-0.2, 0) is 0 Å². The van der Waals surface area contributed by atoms with Crippen molar-refractivity contribution in [2.24, 2.45) is 5.73 Å². The van der Waals surface area contributed by atoms with Gasteiger partial charge in [-0.05, 0) is 25.0 Å². The molecule has 0 saturated carbocycles. The van der Waals surface area contributed by atoms with Crippen molar-refractivity contribution in [2.45, 2.75) is 19.3 Å². The first-order valence-corrected chi connectivity index (χ1v) is 5.68. The van der Waals surface area contributed by atoms with Gasteiger partial charge >= 0.3 is 6.03 Å². The van der Waals surface area contributed by atoms with Gasteiger partial charge in [-0.1, -0.05) is 24.6 Å². The highest BCUT2D eigenvalue weighted by Gasteiger charge is 2.22. The third-order valence-electron chi connectivity index (χ3n) is 2.82. The van der Waals surface area contributed by atoms with Crippen molar-refractivity contribution in [3.63, 3.8) is 0 Å². The Morgan fingerprint density at radius 1 is 1.12 bits per heavy atom. The number of hydrogen-bond acceptors (Lipinski definition) is 2. The lowest BCUT2D eigenvalue weighted by Crippen LogP contribution is -2.51. The largest absolute Gasteiger partial charge is 0.350 e. The van der Waals surface area contributed by atoms with E-state index in [9.17, 15) is 4.79 Å². The van der Waals surface area contributed by atoms with Crippen molar-refractivity contribution in [3.8, 4) is 0 Å². The maximum absolute atomic E-state index is 11.5. The van der Waals surface area contributed by atoms with E-state index in [1.54, 1.807) is 5.01 Å². The van der Waals surface area contributed by atoms with Crippen molar-refractivity contribution in [1.29, 1.82) is 0 Å². The molecule has 0 unspecified atom stereocenters. The molecule has 1 aliphatic rings. The van der Waals surface area contributed by atoms with Gasteiger partial charge in [0.05, 0.1) is 5.69 Å². The maximum atomic E-state index is 11.5. The summed E-state index contributed by atoms with van der Waals surface area (Å²) in [6.45, 7) is 1.80. The number of hydrazine groups is 1. The number of urea groups is 1. The van der Waals surface area contributed by atoms with Crippen LogP contribution in [0.1, 0.15) is 19.3 Å². The highest BCUT2D eigenvalue weighted by Crippen LogP contribution is 2.19. The first-order valence-electron chi connectivity index (χ1n) is 5.68. The van der Waals surface area contributed by atoms with Crippen molar-refractivity contribution in [1.82, 2.24) is 5.01 Å². The number of hydrogen-bond donors (Lipinski definition) is 1. The number of nitrogens with zero attached hydrogens (tertiary/aromatic N) is 2. The molecular formula is C12H17N3O. The fraction of sp³-hybridized carbons (Fsp3) is 0.417. The standard InChI is InChI=1S/C12H17N3O/c13-12(16)15(11-7-3-1-4-8-11)14-9-5-2-6-10-14/h1,3-4,7-8H,2,5-6,9-10H2,(H2,13,16). The smallest absolute Gasteiger partial charge is 0.334 e. The van der Waals surface area contributed by atoms with Crippen molar-refractivity contribution >= 4 is 11.7 Å². The molecule has 0 aromatic heterocycles. The van der Waals surface area contributed by atoms with Crippen LogP contribution in [0.5, 0.6) is 0 Å². The number of amides is 2. The molecule has 0 atom stereocenters. The molecule has 0 aliphatic carbocycles. The molecule has 1 fully saturated rings. The third-order valence-corrected chi connectivity index (χ3v) is 2.82. The number of anilines is 1. The summed E-state index contributed by atoms with van der Waals surface area (Å²) >= 11 is 0. The Morgan fingerprint density at radius 3 is 2.31 bits per heavy atom. The predicted octanol–water partition coefficient (Wildman–Crippen LogP) is 1.97. The zero-order valence-corrected chi connectivity index (χ0v) is 9.30. The summed E-state index contributed by atoms with van der Waals surface area (Å²) in [7, 11) is 0. The van der Waals surface area contributed by atoms with Gasteiger partial charge in [0.25, 0.3) is 0 Å². The molecule has 2 N–H and O–H groups in total. The molecule has 1 saturated heterocycles. The fourth-order valence-electron chi connectivity index (χ4n) is 2.08. The number of primary amides is 1. The quantitative estimate of drug-likeness (QED) is 0.826. The number of carbonyl (C=O) groups is 1. The molecule has 0 spiro atoms. The van der Waals surface area contributed by atoms with E-state index in [-0.39, 0.29) is 0 Å². The SMILES string of the molecule is NC(=O)N(c1ccccc1)N1CCCCC1. The zero-order chi connectivity index (χ0) is 11.4. The van der Waals surface area contributed by atoms with E-state index in [1.165, 1.54) is 6.42 Å². The van der Waals surface area contributed by atoms with E-state index in [0.29, 0.717) is 0 Å². The number of carbonyl (C=O) groups excluding carboxylic acids is 1. The van der Waals surface area contributed by atoms with Gasteiger partial charge in [-0.25, -0.2) is 14.8 Å². The second kappa shape index (κ2) is 4.99. The Hall–Kier alpha value is -1.55. The van der Waals surface area contributed by atoms with E-state index in [0.717, 1.165) is 31.6 Å². The highest BCUT2D eigenvalue weighted by molar-refractivity contribution is 5.89. The lowest BCUT2D eigenvalue weighted by atomic mass is 10.1. The fourth-order valence-corrected chi connectivity index (χ4v) is 2.08. The van der Waals surface area contributed by atoms with Gasteiger partial charge in [-0.2, -0.15) is 0 Å². The van der Waals surface area contributed by atoms with E-state index in [4.69, 9.17) is 5.73 Å². The lowest BCUT2D eigenvalue weighted by molar-refractivity contribution is 0.197. The molecule has 16 heavy (non-hydrogen) atoms. The number of rotatable bonds is 2. The van der Waals surface area contributed by atoms with Gasteiger partial charge in [0.1, 0.15) is 0 Å². The van der Waals surface area contributed by atoms with Crippen LogP contribution in [0.4, 0.5) is 10.5 Å². The van der Waals surface area contributed by atoms with Gasteiger partial charge < -0.3 is 5.73 Å². The molecule has 2 amide bonds. The van der Waals surface area contributed by atoms with Gasteiger partial charge in [-0.3, -0.25) is 0 Å². The van der Waals surface area contributed by atoms with Gasteiger partial charge in [0.2, 0.25) is 0 Å². The van der Waals surface area contributed by atoms with Crippen LogP contribution in [0, 0.1) is 0 Å². The lowest BCUT2D eigenvalue weighted by Gasteiger charge is -2.36. The minimum absolute atomic E-state index is 0.409. The number of nitrogens with two attached hydrogens (primary N) is 1. The van der Waals surface area contributed by atoms with Crippen LogP contribution in [0.3, 0.4) is 0 Å². The summed E-state index contributed by atoms with van der Waals surface area (Å²) in [6, 6.07) is 9.15. The molecule has 1 aromatic carbocycles. The monoisotopic (exact) mass is 219 g/mol. The summed E-state index contributed by atoms with van der Waals surface area (Å²) in [5.41, 5.74) is 6.29. The summed E-state index contributed by atoms with van der Waals surface area (Å²) in [4.78, 5) is 11.5. The van der Waals surface area contributed by atoms with Crippen molar-refractivity contribution in [2.75, 3.05) is 18.1 Å².